The van der Waals surface area contributed by atoms with Crippen molar-refractivity contribution in [3.8, 4) is 11.5 Å². The number of nitrogens with one attached hydrogen (secondary N) is 1. The molecule has 0 aliphatic rings. The number of benzene rings is 2. The summed E-state index contributed by atoms with van der Waals surface area (Å²) >= 11 is 0. The number of para-hydroxylation sites is 1. The number of carboxylic acid groups (broad SMARTS) is 1. The molecule has 0 bridgehead atoms. The van der Waals surface area contributed by atoms with Gasteiger partial charge in [-0.3, -0.25) is 14.5 Å². The molecule has 0 aliphatic heterocycles. The summed E-state index contributed by atoms with van der Waals surface area (Å²) in [6.45, 7) is 1.90. The van der Waals surface area contributed by atoms with Crippen LogP contribution in [0, 0.1) is 0 Å². The smallest absolute Gasteiger partial charge is 0.328 e. The van der Waals surface area contributed by atoms with E-state index in [0.29, 0.717) is 30.8 Å². The van der Waals surface area contributed by atoms with Crippen LogP contribution in [0.2, 0.25) is 0 Å². The van der Waals surface area contributed by atoms with Gasteiger partial charge in [-0.15, -0.1) is 0 Å². The van der Waals surface area contributed by atoms with E-state index in [1.165, 1.54) is 26.0 Å². The van der Waals surface area contributed by atoms with Gasteiger partial charge in [0.25, 0.3) is 0 Å². The van der Waals surface area contributed by atoms with Crippen LogP contribution < -0.4 is 15.0 Å². The van der Waals surface area contributed by atoms with Gasteiger partial charge in [0.1, 0.15) is 6.04 Å². The second kappa shape index (κ2) is 12.4. The Kier molecular flexibility index (Phi) is 9.68. The Labute approximate surface area is 192 Å². The molecule has 0 saturated carbocycles. The van der Waals surface area contributed by atoms with Crippen LogP contribution in [0.1, 0.15) is 25.3 Å². The quantitative estimate of drug-likeness (QED) is 0.327. The number of ether oxygens (including phenoxy) is 2. The summed E-state index contributed by atoms with van der Waals surface area (Å²) in [6.07, 6.45) is 0.789. The molecule has 0 radical (unpaired) electrons. The molecule has 2 rings (SSSR count). The van der Waals surface area contributed by atoms with Gasteiger partial charge >= 0.3 is 11.9 Å². The molecule has 0 saturated heterocycles. The maximum absolute atomic E-state index is 13.4. The number of carbonyl (C=O) groups is 3. The van der Waals surface area contributed by atoms with Crippen molar-refractivity contribution in [2.45, 2.75) is 38.3 Å². The van der Waals surface area contributed by atoms with Crippen LogP contribution in [-0.4, -0.2) is 60.9 Å². The molecule has 1 amide bonds. The van der Waals surface area contributed by atoms with Crippen LogP contribution in [0.25, 0.3) is 0 Å². The van der Waals surface area contributed by atoms with Crippen LogP contribution in [0.5, 0.6) is 11.5 Å². The predicted octanol–water partition coefficient (Wildman–Crippen LogP) is 2.36. The van der Waals surface area contributed by atoms with Gasteiger partial charge in [-0.2, -0.15) is 0 Å². The number of aliphatic carboxylic acids is 1. The second-order valence-electron chi connectivity index (χ2n) is 7.46. The number of amides is 1. The molecule has 0 aliphatic carbocycles. The molecule has 9 heteroatoms. The van der Waals surface area contributed by atoms with Crippen LogP contribution in [0.4, 0.5) is 5.69 Å². The van der Waals surface area contributed by atoms with E-state index in [1.54, 1.807) is 48.5 Å². The maximum Gasteiger partial charge on any atom is 0.328 e. The number of methoxy groups -OCH3 is 2. The number of carboxylic acids is 1. The minimum atomic E-state index is -1.14. The van der Waals surface area contributed by atoms with Gasteiger partial charge in [0.15, 0.2) is 11.5 Å². The zero-order chi connectivity index (χ0) is 24.4. The fourth-order valence-corrected chi connectivity index (χ4v) is 3.44. The molecule has 0 unspecified atom stereocenters. The summed E-state index contributed by atoms with van der Waals surface area (Å²) < 4.78 is 9.91. The van der Waals surface area contributed by atoms with Crippen molar-refractivity contribution in [3.63, 3.8) is 0 Å². The van der Waals surface area contributed by atoms with Crippen molar-refractivity contribution in [2.24, 2.45) is 0 Å². The third-order valence-corrected chi connectivity index (χ3v) is 5.16. The van der Waals surface area contributed by atoms with E-state index in [4.69, 9.17) is 9.47 Å². The van der Waals surface area contributed by atoms with Gasteiger partial charge < -0.3 is 25.0 Å². The molecule has 2 atom stereocenters. The maximum atomic E-state index is 13.4. The number of anilines is 1. The molecule has 0 heterocycles. The zero-order valence-electron chi connectivity index (χ0n) is 19.0. The Morgan fingerprint density at radius 3 is 2.39 bits per heavy atom. The molecular weight excluding hydrogens is 428 g/mol. The molecule has 0 aromatic heterocycles. The van der Waals surface area contributed by atoms with Crippen molar-refractivity contribution in [3.05, 3.63) is 54.1 Å². The van der Waals surface area contributed by atoms with Crippen molar-refractivity contribution in [2.75, 3.05) is 25.7 Å². The zero-order valence-corrected chi connectivity index (χ0v) is 19.0. The molecular formula is C24H30N2O7. The van der Waals surface area contributed by atoms with Crippen molar-refractivity contribution in [1.29, 1.82) is 0 Å². The lowest BCUT2D eigenvalue weighted by Gasteiger charge is -2.31. The van der Waals surface area contributed by atoms with E-state index in [9.17, 15) is 24.6 Å². The number of aryl methyl sites for hydroxylation is 1. The summed E-state index contributed by atoms with van der Waals surface area (Å²) in [5.74, 6) is -1.86. The summed E-state index contributed by atoms with van der Waals surface area (Å²) in [6, 6.07) is 11.6. The van der Waals surface area contributed by atoms with E-state index in [2.05, 4.69) is 5.32 Å². The Morgan fingerprint density at radius 1 is 1.09 bits per heavy atom. The third-order valence-electron chi connectivity index (χ3n) is 5.16. The fourth-order valence-electron chi connectivity index (χ4n) is 3.44. The fraction of sp³-hybridized carbons (Fsp3) is 0.375. The minimum absolute atomic E-state index is 0.0484. The number of esters is 1. The van der Waals surface area contributed by atoms with Gasteiger partial charge in [0.2, 0.25) is 5.91 Å². The van der Waals surface area contributed by atoms with Gasteiger partial charge in [-0.1, -0.05) is 24.3 Å². The first-order chi connectivity index (χ1) is 15.8. The molecule has 3 N–H and O–H groups in total. The lowest BCUT2D eigenvalue weighted by atomic mass is 10.1. The number of hydrogen-bond donors (Lipinski definition) is 3. The highest BCUT2D eigenvalue weighted by Gasteiger charge is 2.33. The Balaban J connectivity index is 2.13. The number of carbonyl (C=O) groups excluding carboxylic acids is 2. The lowest BCUT2D eigenvalue weighted by molar-refractivity contribution is -0.143. The molecule has 2 aromatic carbocycles. The number of nitrogens with zero attached hydrogens (tertiary/aromatic N) is 1. The molecule has 0 fully saturated rings. The first-order valence-electron chi connectivity index (χ1n) is 10.6. The van der Waals surface area contributed by atoms with Crippen molar-refractivity contribution < 1.29 is 34.1 Å². The Bertz CT molecular complexity index is 949. The molecule has 0 spiro atoms. The average molecular weight is 459 g/mol. The molecule has 9 nitrogen and oxygen atoms in total. The van der Waals surface area contributed by atoms with E-state index in [-0.39, 0.29) is 5.75 Å². The summed E-state index contributed by atoms with van der Waals surface area (Å²) in [7, 11) is 2.70. The van der Waals surface area contributed by atoms with E-state index in [0.717, 1.165) is 5.56 Å². The standard InChI is InChI=1S/C24H30N2O7/c1-16(24(31)33-3)26(18-9-5-4-6-10-18)23(30)19(15-22(28)29)25-13-7-8-17-11-12-20(27)21(14-17)32-2/h4-6,9-12,14,16,19,25,27H,7-8,13,15H2,1-3H3,(H,28,29)/t16-,19-/m0/s1. The number of phenolic OH excluding ortho intramolecular Hbond substituents is 1. The first kappa shape index (κ1) is 25.7. The Morgan fingerprint density at radius 2 is 1.79 bits per heavy atom. The van der Waals surface area contributed by atoms with Gasteiger partial charge in [0.05, 0.1) is 26.7 Å². The highest BCUT2D eigenvalue weighted by atomic mass is 16.5. The minimum Gasteiger partial charge on any atom is -0.504 e. The van der Waals surface area contributed by atoms with Gasteiger partial charge in [-0.25, -0.2) is 4.79 Å². The van der Waals surface area contributed by atoms with Crippen LogP contribution >= 0.6 is 0 Å². The molecule has 178 valence electrons. The number of aromatic hydroxyl groups is 1. The van der Waals surface area contributed by atoms with Gasteiger partial charge in [0, 0.05) is 5.69 Å². The van der Waals surface area contributed by atoms with Crippen molar-refractivity contribution >= 4 is 23.5 Å². The second-order valence-corrected chi connectivity index (χ2v) is 7.46. The predicted molar refractivity (Wildman–Crippen MR) is 122 cm³/mol. The number of hydrogen-bond acceptors (Lipinski definition) is 7. The van der Waals surface area contributed by atoms with Crippen LogP contribution in [0.3, 0.4) is 0 Å². The van der Waals surface area contributed by atoms with Gasteiger partial charge in [-0.05, 0) is 56.1 Å². The normalized spacial score (nSPS) is 12.5. The lowest BCUT2D eigenvalue weighted by Crippen LogP contribution is -2.53. The summed E-state index contributed by atoms with van der Waals surface area (Å²) in [5.41, 5.74) is 1.39. The number of phenols is 1. The van der Waals surface area contributed by atoms with Crippen LogP contribution in [-0.2, 0) is 25.5 Å². The van der Waals surface area contributed by atoms with E-state index in [1.807, 2.05) is 0 Å². The molecule has 2 aromatic rings. The highest BCUT2D eigenvalue weighted by Crippen LogP contribution is 2.26. The number of rotatable bonds is 12. The average Bonchev–Trinajstić information content (AvgIpc) is 2.81. The van der Waals surface area contributed by atoms with Crippen molar-refractivity contribution in [1.82, 2.24) is 5.32 Å². The van der Waals surface area contributed by atoms with Crippen LogP contribution in [0.15, 0.2) is 48.5 Å². The van der Waals surface area contributed by atoms with E-state index < -0.39 is 36.4 Å². The Hall–Kier alpha value is -3.59. The largest absolute Gasteiger partial charge is 0.504 e. The first-order valence-corrected chi connectivity index (χ1v) is 10.6. The monoisotopic (exact) mass is 458 g/mol. The highest BCUT2D eigenvalue weighted by molar-refractivity contribution is 6.03. The summed E-state index contributed by atoms with van der Waals surface area (Å²) in [4.78, 5) is 38.3. The SMILES string of the molecule is COC(=O)[C@H](C)N(C(=O)[C@H](CC(=O)O)NCCCc1ccc(O)c(OC)c1)c1ccccc1. The third kappa shape index (κ3) is 7.21. The molecule has 33 heavy (non-hydrogen) atoms. The summed E-state index contributed by atoms with van der Waals surface area (Å²) in [5, 5.41) is 22.1. The topological polar surface area (TPSA) is 125 Å². The van der Waals surface area contributed by atoms with E-state index >= 15 is 0 Å².